The molecule has 0 bridgehead atoms. The van der Waals surface area contributed by atoms with Gasteiger partial charge in [-0.05, 0) is 26.0 Å². The number of hydrogen-bond acceptors (Lipinski definition) is 6. The van der Waals surface area contributed by atoms with Gasteiger partial charge in [0.25, 0.3) is 11.8 Å². The van der Waals surface area contributed by atoms with Crippen LogP contribution in [0, 0.1) is 5.92 Å². The second-order valence-electron chi connectivity index (χ2n) is 6.02. The van der Waals surface area contributed by atoms with E-state index in [4.69, 9.17) is 37.4 Å². The summed E-state index contributed by atoms with van der Waals surface area (Å²) in [4.78, 5) is 38.9. The molecule has 1 aromatic rings. The van der Waals surface area contributed by atoms with Crippen LogP contribution in [0.25, 0.3) is 0 Å². The van der Waals surface area contributed by atoms with E-state index in [9.17, 15) is 14.4 Å². The van der Waals surface area contributed by atoms with Gasteiger partial charge in [0.05, 0.1) is 41.0 Å². The van der Waals surface area contributed by atoms with E-state index in [1.807, 2.05) is 0 Å². The van der Waals surface area contributed by atoms with Crippen LogP contribution in [0.2, 0.25) is 10.0 Å². The lowest BCUT2D eigenvalue weighted by molar-refractivity contribution is -0.201. The third-order valence-electron chi connectivity index (χ3n) is 4.45. The van der Waals surface area contributed by atoms with E-state index in [2.05, 4.69) is 0 Å². The van der Waals surface area contributed by atoms with Gasteiger partial charge in [0.1, 0.15) is 5.92 Å². The standard InChI is InChI=1S/C17H17Cl2NO6/c1-3-24-16(23)9(17(2)25-6-7-26-17)8-20-14(21)12-10(18)4-5-11(19)13(12)15(20)22/h4-5,9H,3,6-8H2,1-2H3. The predicted molar refractivity (Wildman–Crippen MR) is 92.3 cm³/mol. The van der Waals surface area contributed by atoms with Crippen LogP contribution in [0.3, 0.4) is 0 Å². The van der Waals surface area contributed by atoms with Crippen molar-refractivity contribution in [2.75, 3.05) is 26.4 Å². The number of halogens is 2. The Balaban J connectivity index is 1.94. The van der Waals surface area contributed by atoms with Crippen molar-refractivity contribution in [2.24, 2.45) is 5.92 Å². The van der Waals surface area contributed by atoms with Crippen molar-refractivity contribution in [3.8, 4) is 0 Å². The summed E-state index contributed by atoms with van der Waals surface area (Å²) in [6.45, 7) is 3.72. The fraction of sp³-hybridized carbons (Fsp3) is 0.471. The molecule has 0 aromatic heterocycles. The minimum absolute atomic E-state index is 0.0326. The van der Waals surface area contributed by atoms with Crippen LogP contribution in [0.1, 0.15) is 34.6 Å². The van der Waals surface area contributed by atoms with Gasteiger partial charge in [0, 0.05) is 6.54 Å². The largest absolute Gasteiger partial charge is 0.466 e. The first-order valence-corrected chi connectivity index (χ1v) is 8.84. The molecule has 3 rings (SSSR count). The number of nitrogens with zero attached hydrogens (tertiary/aromatic N) is 1. The molecule has 0 aliphatic carbocycles. The number of ether oxygens (including phenoxy) is 3. The average molecular weight is 402 g/mol. The molecule has 0 N–H and O–H groups in total. The molecule has 2 heterocycles. The highest BCUT2D eigenvalue weighted by Gasteiger charge is 2.49. The molecule has 7 nitrogen and oxygen atoms in total. The number of esters is 1. The molecule has 1 atom stereocenters. The van der Waals surface area contributed by atoms with E-state index in [0.29, 0.717) is 13.2 Å². The molecule has 0 saturated carbocycles. The molecule has 0 spiro atoms. The molecule has 2 amide bonds. The Kier molecular flexibility index (Phi) is 5.25. The first-order valence-electron chi connectivity index (χ1n) is 8.09. The molecule has 26 heavy (non-hydrogen) atoms. The summed E-state index contributed by atoms with van der Waals surface area (Å²) in [6, 6.07) is 2.90. The van der Waals surface area contributed by atoms with E-state index in [1.54, 1.807) is 13.8 Å². The number of rotatable bonds is 5. The Morgan fingerprint density at radius 3 is 2.15 bits per heavy atom. The van der Waals surface area contributed by atoms with Gasteiger partial charge in [-0.1, -0.05) is 23.2 Å². The summed E-state index contributed by atoms with van der Waals surface area (Å²) in [5.74, 6) is -4.16. The van der Waals surface area contributed by atoms with Crippen molar-refractivity contribution in [2.45, 2.75) is 19.6 Å². The zero-order valence-electron chi connectivity index (χ0n) is 14.2. The van der Waals surface area contributed by atoms with Gasteiger partial charge >= 0.3 is 5.97 Å². The SMILES string of the molecule is CCOC(=O)C(CN1C(=O)c2c(Cl)ccc(Cl)c2C1=O)C1(C)OCCO1. The summed E-state index contributed by atoms with van der Waals surface area (Å²) < 4.78 is 16.2. The zero-order valence-corrected chi connectivity index (χ0v) is 15.7. The molecule has 1 fully saturated rings. The van der Waals surface area contributed by atoms with Crippen LogP contribution in [0.15, 0.2) is 12.1 Å². The molecule has 140 valence electrons. The summed E-state index contributed by atoms with van der Waals surface area (Å²) >= 11 is 12.1. The van der Waals surface area contributed by atoms with Gasteiger partial charge in [0.15, 0.2) is 5.79 Å². The molecule has 2 aliphatic rings. The second kappa shape index (κ2) is 7.15. The highest BCUT2D eigenvalue weighted by molar-refractivity contribution is 6.41. The third-order valence-corrected chi connectivity index (χ3v) is 5.08. The minimum Gasteiger partial charge on any atom is -0.466 e. The van der Waals surface area contributed by atoms with E-state index in [-0.39, 0.29) is 34.3 Å². The monoisotopic (exact) mass is 401 g/mol. The number of benzene rings is 1. The topological polar surface area (TPSA) is 82.1 Å². The van der Waals surface area contributed by atoms with E-state index in [0.717, 1.165) is 4.90 Å². The highest BCUT2D eigenvalue weighted by atomic mass is 35.5. The van der Waals surface area contributed by atoms with Gasteiger partial charge in [-0.15, -0.1) is 0 Å². The van der Waals surface area contributed by atoms with Crippen molar-refractivity contribution in [1.82, 2.24) is 4.90 Å². The summed E-state index contributed by atoms with van der Waals surface area (Å²) in [7, 11) is 0. The Hall–Kier alpha value is -1.67. The van der Waals surface area contributed by atoms with Gasteiger partial charge in [-0.25, -0.2) is 0 Å². The maximum atomic E-state index is 12.7. The lowest BCUT2D eigenvalue weighted by Crippen LogP contribution is -2.49. The minimum atomic E-state index is -1.30. The van der Waals surface area contributed by atoms with E-state index >= 15 is 0 Å². The maximum absolute atomic E-state index is 12.7. The Bertz CT molecular complexity index is 734. The van der Waals surface area contributed by atoms with Crippen LogP contribution >= 0.6 is 23.2 Å². The van der Waals surface area contributed by atoms with E-state index < -0.39 is 29.5 Å². The van der Waals surface area contributed by atoms with Gasteiger partial charge < -0.3 is 14.2 Å². The molecule has 1 unspecified atom stereocenters. The van der Waals surface area contributed by atoms with Crippen LogP contribution in [-0.4, -0.2) is 54.8 Å². The lowest BCUT2D eigenvalue weighted by atomic mass is 9.99. The van der Waals surface area contributed by atoms with Crippen LogP contribution in [-0.2, 0) is 19.0 Å². The van der Waals surface area contributed by atoms with Crippen LogP contribution in [0.5, 0.6) is 0 Å². The highest BCUT2D eigenvalue weighted by Crippen LogP contribution is 2.37. The number of carbonyl (C=O) groups excluding carboxylic acids is 3. The molecule has 1 aromatic carbocycles. The zero-order chi connectivity index (χ0) is 19.1. The quantitative estimate of drug-likeness (QED) is 0.556. The summed E-state index contributed by atoms with van der Waals surface area (Å²) in [6.07, 6.45) is 0. The van der Waals surface area contributed by atoms with E-state index in [1.165, 1.54) is 12.1 Å². The number of amides is 2. The summed E-state index contributed by atoms with van der Waals surface area (Å²) in [5.41, 5.74) is 0.0652. The number of carbonyl (C=O) groups is 3. The number of fused-ring (bicyclic) bond motifs is 1. The fourth-order valence-corrected chi connectivity index (χ4v) is 3.59. The van der Waals surface area contributed by atoms with Gasteiger partial charge in [0.2, 0.25) is 0 Å². The summed E-state index contributed by atoms with van der Waals surface area (Å²) in [5, 5.41) is 0.245. The fourth-order valence-electron chi connectivity index (χ4n) is 3.11. The molecule has 9 heteroatoms. The van der Waals surface area contributed by atoms with Gasteiger partial charge in [-0.2, -0.15) is 0 Å². The smallest absolute Gasteiger partial charge is 0.316 e. The van der Waals surface area contributed by atoms with Crippen molar-refractivity contribution in [3.05, 3.63) is 33.3 Å². The van der Waals surface area contributed by atoms with Gasteiger partial charge in [-0.3, -0.25) is 19.3 Å². The first kappa shape index (κ1) is 19.1. The van der Waals surface area contributed by atoms with Crippen molar-refractivity contribution >= 4 is 41.0 Å². The lowest BCUT2D eigenvalue weighted by Gasteiger charge is -2.32. The Morgan fingerprint density at radius 2 is 1.69 bits per heavy atom. The van der Waals surface area contributed by atoms with Crippen molar-refractivity contribution in [1.29, 1.82) is 0 Å². The van der Waals surface area contributed by atoms with Crippen LogP contribution < -0.4 is 0 Å². The molecule has 1 saturated heterocycles. The average Bonchev–Trinajstić information content (AvgIpc) is 3.13. The molecular weight excluding hydrogens is 385 g/mol. The number of hydrogen-bond donors (Lipinski definition) is 0. The predicted octanol–water partition coefficient (Wildman–Crippen LogP) is 2.53. The van der Waals surface area contributed by atoms with Crippen molar-refractivity contribution < 1.29 is 28.6 Å². The molecular formula is C17H17Cl2NO6. The Labute approximate surface area is 160 Å². The van der Waals surface area contributed by atoms with Crippen molar-refractivity contribution in [3.63, 3.8) is 0 Å². The normalized spacial score (nSPS) is 19.6. The van der Waals surface area contributed by atoms with Crippen LogP contribution in [0.4, 0.5) is 0 Å². The maximum Gasteiger partial charge on any atom is 0.316 e. The third kappa shape index (κ3) is 3.09. The number of imide groups is 1. The second-order valence-corrected chi connectivity index (χ2v) is 6.83. The first-order chi connectivity index (χ1) is 12.3. The Morgan fingerprint density at radius 1 is 1.19 bits per heavy atom. The molecule has 0 radical (unpaired) electrons. The molecule has 2 aliphatic heterocycles.